The summed E-state index contributed by atoms with van der Waals surface area (Å²) in [6.07, 6.45) is 3.56. The van der Waals surface area contributed by atoms with E-state index in [1.165, 1.54) is 0 Å². The van der Waals surface area contributed by atoms with E-state index in [9.17, 15) is 4.39 Å². The zero-order valence-corrected chi connectivity index (χ0v) is 8.20. The molecule has 72 valence electrons. The van der Waals surface area contributed by atoms with Crippen molar-refractivity contribution in [2.45, 2.75) is 45.2 Å². The topological polar surface area (TPSA) is 12.0 Å². The van der Waals surface area contributed by atoms with Crippen molar-refractivity contribution in [1.29, 1.82) is 0 Å². The molecule has 0 aromatic rings. The van der Waals surface area contributed by atoms with Crippen LogP contribution in [0.1, 0.15) is 39.5 Å². The molecular weight excluding hydrogens is 153 g/mol. The number of nitrogens with one attached hydrogen (secondary N) is 1. The second-order valence-electron chi connectivity index (χ2n) is 4.23. The first-order valence-corrected chi connectivity index (χ1v) is 5.04. The van der Waals surface area contributed by atoms with Crippen LogP contribution in [0, 0.1) is 5.92 Å². The van der Waals surface area contributed by atoms with Crippen LogP contribution < -0.4 is 5.32 Å². The average molecular weight is 173 g/mol. The highest BCUT2D eigenvalue weighted by molar-refractivity contribution is 4.81. The molecule has 1 N–H and O–H groups in total. The Kier molecular flexibility index (Phi) is 3.51. The van der Waals surface area contributed by atoms with Gasteiger partial charge in [0.2, 0.25) is 0 Å². The normalized spacial score (nSPS) is 28.8. The number of hydrogen-bond acceptors (Lipinski definition) is 1. The molecule has 1 aliphatic heterocycles. The van der Waals surface area contributed by atoms with Gasteiger partial charge in [0.25, 0.3) is 0 Å². The molecule has 0 saturated carbocycles. The van der Waals surface area contributed by atoms with E-state index in [2.05, 4.69) is 5.32 Å². The summed E-state index contributed by atoms with van der Waals surface area (Å²) in [5.74, 6) is 0.576. The fraction of sp³-hybridized carbons (Fsp3) is 1.00. The quantitative estimate of drug-likeness (QED) is 0.688. The van der Waals surface area contributed by atoms with Gasteiger partial charge in [0.15, 0.2) is 0 Å². The van der Waals surface area contributed by atoms with Crippen LogP contribution in [0.25, 0.3) is 0 Å². The minimum absolute atomic E-state index is 0.576. The smallest absolute Gasteiger partial charge is 0.108 e. The molecule has 2 heteroatoms. The summed E-state index contributed by atoms with van der Waals surface area (Å²) in [7, 11) is 0. The van der Waals surface area contributed by atoms with Crippen molar-refractivity contribution >= 4 is 0 Å². The number of hydrogen-bond donors (Lipinski definition) is 1. The maximum Gasteiger partial charge on any atom is 0.108 e. The molecule has 1 rings (SSSR count). The van der Waals surface area contributed by atoms with E-state index >= 15 is 0 Å². The number of rotatable bonds is 4. The van der Waals surface area contributed by atoms with Crippen molar-refractivity contribution < 1.29 is 4.39 Å². The Morgan fingerprint density at radius 3 is 2.83 bits per heavy atom. The lowest BCUT2D eigenvalue weighted by atomic mass is 9.89. The molecule has 1 aliphatic rings. The molecule has 0 spiro atoms. The van der Waals surface area contributed by atoms with E-state index in [1.54, 1.807) is 6.92 Å². The van der Waals surface area contributed by atoms with Gasteiger partial charge in [-0.05, 0) is 45.2 Å². The first-order chi connectivity index (χ1) is 5.64. The molecule has 0 aromatic carbocycles. The maximum atomic E-state index is 13.7. The average Bonchev–Trinajstić information content (AvgIpc) is 2.38. The molecule has 0 radical (unpaired) electrons. The standard InChI is InChI=1S/C10H20FN/c1-3-5-10(2,11)7-9-4-6-12-8-9/h9,12H,3-8H2,1-2H3. The molecular formula is C10H20FN. The summed E-state index contributed by atoms with van der Waals surface area (Å²) < 4.78 is 13.7. The van der Waals surface area contributed by atoms with E-state index in [4.69, 9.17) is 0 Å². The summed E-state index contributed by atoms with van der Waals surface area (Å²) in [5, 5.41) is 3.27. The van der Waals surface area contributed by atoms with Gasteiger partial charge in [0, 0.05) is 0 Å². The molecule has 1 heterocycles. The van der Waals surface area contributed by atoms with Crippen molar-refractivity contribution in [3.05, 3.63) is 0 Å². The molecule has 12 heavy (non-hydrogen) atoms. The van der Waals surface area contributed by atoms with Gasteiger partial charge in [-0.1, -0.05) is 13.3 Å². The van der Waals surface area contributed by atoms with E-state index < -0.39 is 5.67 Å². The molecule has 0 aromatic heterocycles. The Balaban J connectivity index is 2.27. The van der Waals surface area contributed by atoms with Crippen LogP contribution in [-0.2, 0) is 0 Å². The molecule has 2 atom stereocenters. The van der Waals surface area contributed by atoms with Gasteiger partial charge in [-0.3, -0.25) is 0 Å². The minimum Gasteiger partial charge on any atom is -0.316 e. The predicted octanol–water partition coefficient (Wildman–Crippen LogP) is 2.51. The zero-order valence-electron chi connectivity index (χ0n) is 8.20. The van der Waals surface area contributed by atoms with Crippen molar-refractivity contribution in [3.8, 4) is 0 Å². The van der Waals surface area contributed by atoms with Gasteiger partial charge < -0.3 is 5.32 Å². The van der Waals surface area contributed by atoms with Crippen LogP contribution in [0.3, 0.4) is 0 Å². The Bertz CT molecular complexity index is 128. The summed E-state index contributed by atoms with van der Waals surface area (Å²) in [6, 6.07) is 0. The minimum atomic E-state index is -0.925. The zero-order chi connectivity index (χ0) is 9.03. The first kappa shape index (κ1) is 9.97. The van der Waals surface area contributed by atoms with Crippen molar-refractivity contribution in [1.82, 2.24) is 5.32 Å². The van der Waals surface area contributed by atoms with Gasteiger partial charge in [-0.25, -0.2) is 4.39 Å². The fourth-order valence-corrected chi connectivity index (χ4v) is 2.11. The van der Waals surface area contributed by atoms with Crippen LogP contribution >= 0.6 is 0 Å². The molecule has 1 nitrogen and oxygen atoms in total. The molecule has 0 amide bonds. The molecule has 0 aliphatic carbocycles. The summed E-state index contributed by atoms with van der Waals surface area (Å²) in [5.41, 5.74) is -0.925. The van der Waals surface area contributed by atoms with Crippen molar-refractivity contribution in [3.63, 3.8) is 0 Å². The Morgan fingerprint density at radius 1 is 1.58 bits per heavy atom. The van der Waals surface area contributed by atoms with Crippen molar-refractivity contribution in [2.75, 3.05) is 13.1 Å². The Morgan fingerprint density at radius 2 is 2.33 bits per heavy atom. The third-order valence-corrected chi connectivity index (χ3v) is 2.65. The lowest BCUT2D eigenvalue weighted by molar-refractivity contribution is 0.136. The molecule has 0 bridgehead atoms. The molecule has 1 saturated heterocycles. The van der Waals surface area contributed by atoms with Gasteiger partial charge in [0.05, 0.1) is 0 Å². The van der Waals surface area contributed by atoms with E-state index in [0.717, 1.165) is 32.4 Å². The highest BCUT2D eigenvalue weighted by Gasteiger charge is 2.28. The highest BCUT2D eigenvalue weighted by atomic mass is 19.1. The van der Waals surface area contributed by atoms with Gasteiger partial charge in [-0.15, -0.1) is 0 Å². The van der Waals surface area contributed by atoms with Crippen LogP contribution in [0.5, 0.6) is 0 Å². The summed E-state index contributed by atoms with van der Waals surface area (Å²) >= 11 is 0. The molecule has 1 fully saturated rings. The van der Waals surface area contributed by atoms with E-state index in [0.29, 0.717) is 12.3 Å². The highest BCUT2D eigenvalue weighted by Crippen LogP contribution is 2.28. The monoisotopic (exact) mass is 173 g/mol. The third kappa shape index (κ3) is 3.10. The Hall–Kier alpha value is -0.110. The summed E-state index contributed by atoms with van der Waals surface area (Å²) in [4.78, 5) is 0. The summed E-state index contributed by atoms with van der Waals surface area (Å²) in [6.45, 7) is 5.88. The largest absolute Gasteiger partial charge is 0.316 e. The lowest BCUT2D eigenvalue weighted by Gasteiger charge is -2.22. The van der Waals surface area contributed by atoms with Gasteiger partial charge >= 0.3 is 0 Å². The SMILES string of the molecule is CCCC(C)(F)CC1CCNC1. The second kappa shape index (κ2) is 4.22. The van der Waals surface area contributed by atoms with Crippen molar-refractivity contribution in [2.24, 2.45) is 5.92 Å². The number of halogens is 1. The van der Waals surface area contributed by atoms with Crippen LogP contribution in [-0.4, -0.2) is 18.8 Å². The predicted molar refractivity (Wildman–Crippen MR) is 50.0 cm³/mol. The van der Waals surface area contributed by atoms with E-state index in [1.807, 2.05) is 6.92 Å². The fourth-order valence-electron chi connectivity index (χ4n) is 2.11. The first-order valence-electron chi connectivity index (χ1n) is 5.04. The lowest BCUT2D eigenvalue weighted by Crippen LogP contribution is -2.23. The van der Waals surface area contributed by atoms with Gasteiger partial charge in [-0.2, -0.15) is 0 Å². The van der Waals surface area contributed by atoms with E-state index in [-0.39, 0.29) is 0 Å². The van der Waals surface area contributed by atoms with Crippen LogP contribution in [0.4, 0.5) is 4.39 Å². The van der Waals surface area contributed by atoms with Crippen LogP contribution in [0.2, 0.25) is 0 Å². The van der Waals surface area contributed by atoms with Gasteiger partial charge in [0.1, 0.15) is 5.67 Å². The molecule has 2 unspecified atom stereocenters. The maximum absolute atomic E-state index is 13.7. The Labute approximate surface area is 74.7 Å². The second-order valence-corrected chi connectivity index (χ2v) is 4.23. The number of alkyl halides is 1. The third-order valence-electron chi connectivity index (χ3n) is 2.65. The van der Waals surface area contributed by atoms with Crippen LogP contribution in [0.15, 0.2) is 0 Å².